The van der Waals surface area contributed by atoms with E-state index in [1.54, 1.807) is 19.2 Å². The first kappa shape index (κ1) is 11.1. The molecular weight excluding hydrogens is 204 g/mol. The molecule has 0 heterocycles. The summed E-state index contributed by atoms with van der Waals surface area (Å²) < 4.78 is 5.23. The first-order valence-electron chi connectivity index (χ1n) is 5.55. The quantitative estimate of drug-likeness (QED) is 0.828. The summed E-state index contributed by atoms with van der Waals surface area (Å²) in [7, 11) is 1.60. The van der Waals surface area contributed by atoms with Gasteiger partial charge < -0.3 is 9.84 Å². The molecule has 86 valence electrons. The minimum Gasteiger partial charge on any atom is -0.496 e. The van der Waals surface area contributed by atoms with Crippen molar-refractivity contribution in [2.75, 3.05) is 7.11 Å². The molecule has 0 amide bonds. The highest BCUT2D eigenvalue weighted by atomic mass is 16.5. The summed E-state index contributed by atoms with van der Waals surface area (Å²) in [6.07, 6.45) is 1.63. The van der Waals surface area contributed by atoms with Crippen LogP contribution in [0, 0.1) is 0 Å². The second-order valence-electron chi connectivity index (χ2n) is 4.20. The number of ether oxygens (including phenoxy) is 1. The molecule has 2 rings (SSSR count). The van der Waals surface area contributed by atoms with Gasteiger partial charge in [0.25, 0.3) is 0 Å². The van der Waals surface area contributed by atoms with E-state index in [9.17, 15) is 9.90 Å². The van der Waals surface area contributed by atoms with Crippen molar-refractivity contribution in [2.45, 2.75) is 31.8 Å². The van der Waals surface area contributed by atoms with E-state index in [2.05, 4.69) is 0 Å². The SMILES string of the molecule is CC[C@@]1(O)CCc2c(OC)cccc2C1=O. The van der Waals surface area contributed by atoms with Crippen molar-refractivity contribution in [3.63, 3.8) is 0 Å². The lowest BCUT2D eigenvalue weighted by molar-refractivity contribution is 0.0222. The monoisotopic (exact) mass is 220 g/mol. The molecule has 0 aromatic heterocycles. The maximum atomic E-state index is 12.1. The lowest BCUT2D eigenvalue weighted by Crippen LogP contribution is -2.42. The van der Waals surface area contributed by atoms with Crippen molar-refractivity contribution in [1.82, 2.24) is 0 Å². The third kappa shape index (κ3) is 1.52. The van der Waals surface area contributed by atoms with Crippen LogP contribution in [0.25, 0.3) is 0 Å². The summed E-state index contributed by atoms with van der Waals surface area (Å²) in [5.41, 5.74) is 0.349. The zero-order valence-electron chi connectivity index (χ0n) is 9.62. The van der Waals surface area contributed by atoms with Gasteiger partial charge in [-0.15, -0.1) is 0 Å². The number of rotatable bonds is 2. The number of fused-ring (bicyclic) bond motifs is 1. The summed E-state index contributed by atoms with van der Waals surface area (Å²) in [5, 5.41) is 10.2. The molecule has 0 radical (unpaired) electrons. The van der Waals surface area contributed by atoms with Crippen molar-refractivity contribution in [1.29, 1.82) is 0 Å². The third-order valence-electron chi connectivity index (χ3n) is 3.39. The molecule has 1 atom stereocenters. The van der Waals surface area contributed by atoms with Gasteiger partial charge in [-0.25, -0.2) is 0 Å². The smallest absolute Gasteiger partial charge is 0.194 e. The van der Waals surface area contributed by atoms with E-state index < -0.39 is 5.60 Å². The van der Waals surface area contributed by atoms with Crippen molar-refractivity contribution in [2.24, 2.45) is 0 Å². The molecule has 0 aliphatic heterocycles. The van der Waals surface area contributed by atoms with Crippen molar-refractivity contribution in [3.8, 4) is 5.75 Å². The Bertz CT molecular complexity index is 425. The van der Waals surface area contributed by atoms with Crippen LogP contribution >= 0.6 is 0 Å². The van der Waals surface area contributed by atoms with Gasteiger partial charge in [0, 0.05) is 11.1 Å². The van der Waals surface area contributed by atoms with Crippen LogP contribution < -0.4 is 4.74 Å². The number of hydrogen-bond acceptors (Lipinski definition) is 3. The second kappa shape index (κ2) is 3.91. The molecule has 0 saturated carbocycles. The van der Waals surface area contributed by atoms with Gasteiger partial charge in [-0.2, -0.15) is 0 Å². The molecule has 0 bridgehead atoms. The summed E-state index contributed by atoms with van der Waals surface area (Å²) in [6.45, 7) is 1.84. The molecule has 3 nitrogen and oxygen atoms in total. The largest absolute Gasteiger partial charge is 0.496 e. The summed E-state index contributed by atoms with van der Waals surface area (Å²) >= 11 is 0. The highest BCUT2D eigenvalue weighted by molar-refractivity contribution is 6.05. The van der Waals surface area contributed by atoms with Gasteiger partial charge >= 0.3 is 0 Å². The lowest BCUT2D eigenvalue weighted by Gasteiger charge is -2.31. The highest BCUT2D eigenvalue weighted by Crippen LogP contribution is 2.35. The first-order chi connectivity index (χ1) is 7.62. The Labute approximate surface area is 95.0 Å². The predicted molar refractivity (Wildman–Crippen MR) is 60.9 cm³/mol. The van der Waals surface area contributed by atoms with Crippen LogP contribution in [0.3, 0.4) is 0 Å². The van der Waals surface area contributed by atoms with Crippen LogP contribution in [0.4, 0.5) is 0 Å². The Morgan fingerprint density at radius 3 is 2.88 bits per heavy atom. The molecule has 1 aromatic rings. The topological polar surface area (TPSA) is 46.5 Å². The van der Waals surface area contributed by atoms with E-state index in [-0.39, 0.29) is 5.78 Å². The van der Waals surface area contributed by atoms with Crippen LogP contribution in [-0.4, -0.2) is 23.6 Å². The molecular formula is C13H16O3. The number of Topliss-reactive ketones (excluding diaryl/α,β-unsaturated/α-hetero) is 1. The number of hydrogen-bond donors (Lipinski definition) is 1. The average Bonchev–Trinajstić information content (AvgIpc) is 2.33. The van der Waals surface area contributed by atoms with E-state index in [4.69, 9.17) is 4.74 Å². The van der Waals surface area contributed by atoms with Crippen LogP contribution in [0.2, 0.25) is 0 Å². The van der Waals surface area contributed by atoms with Gasteiger partial charge in [-0.1, -0.05) is 19.1 Å². The Hall–Kier alpha value is -1.35. The Kier molecular flexibility index (Phi) is 2.72. The third-order valence-corrected chi connectivity index (χ3v) is 3.39. The van der Waals surface area contributed by atoms with Crippen molar-refractivity contribution < 1.29 is 14.6 Å². The van der Waals surface area contributed by atoms with E-state index in [1.807, 2.05) is 13.0 Å². The number of ketones is 1. The van der Waals surface area contributed by atoms with Crippen LogP contribution in [0.1, 0.15) is 35.7 Å². The molecule has 1 aromatic carbocycles. The Balaban J connectivity index is 2.51. The van der Waals surface area contributed by atoms with E-state index in [0.717, 1.165) is 11.3 Å². The minimum absolute atomic E-state index is 0.171. The average molecular weight is 220 g/mol. The van der Waals surface area contributed by atoms with Gasteiger partial charge in [0.15, 0.2) is 5.78 Å². The van der Waals surface area contributed by atoms with Crippen LogP contribution in [0.5, 0.6) is 5.75 Å². The second-order valence-corrected chi connectivity index (χ2v) is 4.20. The number of carbonyl (C=O) groups is 1. The summed E-state index contributed by atoms with van der Waals surface area (Å²) in [4.78, 5) is 12.1. The van der Waals surface area contributed by atoms with Gasteiger partial charge in [0.2, 0.25) is 0 Å². The number of benzene rings is 1. The zero-order valence-corrected chi connectivity index (χ0v) is 9.62. The molecule has 0 saturated heterocycles. The van der Waals surface area contributed by atoms with E-state index >= 15 is 0 Å². The number of methoxy groups -OCH3 is 1. The van der Waals surface area contributed by atoms with Crippen LogP contribution in [0.15, 0.2) is 18.2 Å². The van der Waals surface area contributed by atoms with Crippen LogP contribution in [-0.2, 0) is 6.42 Å². The fourth-order valence-electron chi connectivity index (χ4n) is 2.26. The maximum Gasteiger partial charge on any atom is 0.194 e. The van der Waals surface area contributed by atoms with Crippen molar-refractivity contribution in [3.05, 3.63) is 29.3 Å². The lowest BCUT2D eigenvalue weighted by atomic mass is 9.77. The standard InChI is InChI=1S/C13H16O3/c1-3-13(15)8-7-9-10(12(13)14)5-4-6-11(9)16-2/h4-6,15H,3,7-8H2,1-2H3/t13-/m1/s1. The molecule has 1 aliphatic rings. The zero-order chi connectivity index (χ0) is 11.8. The number of aliphatic hydroxyl groups is 1. The molecule has 0 fully saturated rings. The molecule has 3 heteroatoms. The molecule has 1 N–H and O–H groups in total. The van der Waals surface area contributed by atoms with Gasteiger partial charge in [-0.3, -0.25) is 4.79 Å². The summed E-state index contributed by atoms with van der Waals surface area (Å²) in [6, 6.07) is 5.40. The van der Waals surface area contributed by atoms with Gasteiger partial charge in [0.05, 0.1) is 7.11 Å². The minimum atomic E-state index is -1.18. The maximum absolute atomic E-state index is 12.1. The molecule has 0 spiro atoms. The summed E-state index contributed by atoms with van der Waals surface area (Å²) in [5.74, 6) is 0.569. The fourth-order valence-corrected chi connectivity index (χ4v) is 2.26. The molecule has 0 unspecified atom stereocenters. The molecule has 1 aliphatic carbocycles. The first-order valence-corrected chi connectivity index (χ1v) is 5.55. The Morgan fingerprint density at radius 2 is 2.25 bits per heavy atom. The normalized spacial score (nSPS) is 24.1. The predicted octanol–water partition coefficient (Wildman–Crippen LogP) is 1.97. The number of carbonyl (C=O) groups excluding carboxylic acids is 1. The van der Waals surface area contributed by atoms with E-state index in [1.165, 1.54) is 0 Å². The van der Waals surface area contributed by atoms with Gasteiger partial charge in [-0.05, 0) is 25.3 Å². The van der Waals surface area contributed by atoms with Gasteiger partial charge in [0.1, 0.15) is 11.4 Å². The Morgan fingerprint density at radius 1 is 1.50 bits per heavy atom. The molecule has 16 heavy (non-hydrogen) atoms. The van der Waals surface area contributed by atoms with E-state index in [0.29, 0.717) is 24.8 Å². The fraction of sp³-hybridized carbons (Fsp3) is 0.462. The highest BCUT2D eigenvalue weighted by Gasteiger charge is 2.39. The van der Waals surface area contributed by atoms with Crippen molar-refractivity contribution >= 4 is 5.78 Å².